The molecular weight excluding hydrogens is 310 g/mol. The third-order valence-electron chi connectivity index (χ3n) is 2.67. The van der Waals surface area contributed by atoms with Gasteiger partial charge in [-0.1, -0.05) is 44.3 Å². The molecule has 0 radical (unpaired) electrons. The first-order chi connectivity index (χ1) is 9.66. The first kappa shape index (κ1) is 17.5. The molecule has 0 fully saturated rings. The van der Waals surface area contributed by atoms with Crippen molar-refractivity contribution in [3.63, 3.8) is 0 Å². The van der Waals surface area contributed by atoms with Crippen LogP contribution < -0.4 is 11.5 Å². The van der Waals surface area contributed by atoms with Gasteiger partial charge in [-0.15, -0.1) is 0 Å². The molecule has 0 aliphatic rings. The first-order valence-corrected chi connectivity index (χ1v) is 8.18. The quantitative estimate of drug-likeness (QED) is 0.707. The number of carbonyl (C=O) groups excluding carboxylic acids is 1. The number of carbonyl (C=O) groups is 1. The van der Waals surface area contributed by atoms with Crippen molar-refractivity contribution in [2.24, 2.45) is 17.4 Å². The van der Waals surface area contributed by atoms with Crippen LogP contribution in [0.3, 0.4) is 0 Å². The minimum Gasteiger partial charge on any atom is -0.389 e. The normalized spacial score (nSPS) is 11.8. The fraction of sp³-hybridized carbons (Fsp3) is 0.385. The van der Waals surface area contributed by atoms with Crippen molar-refractivity contribution in [2.45, 2.75) is 18.7 Å². The summed E-state index contributed by atoms with van der Waals surface area (Å²) in [6, 6.07) is 6.17. The molecule has 1 amide bonds. The molecule has 1 aromatic carbocycles. The average molecular weight is 329 g/mol. The molecule has 0 aliphatic carbocycles. The Balaban J connectivity index is 3.35. The summed E-state index contributed by atoms with van der Waals surface area (Å²) in [6.07, 6.45) is 0. The van der Waals surface area contributed by atoms with E-state index < -0.39 is 15.9 Å². The van der Waals surface area contributed by atoms with Gasteiger partial charge in [0, 0.05) is 12.1 Å². The molecular formula is C13H19N3O3S2. The maximum Gasteiger partial charge on any atom is 0.244 e. The summed E-state index contributed by atoms with van der Waals surface area (Å²) in [5, 5.41) is 0. The lowest BCUT2D eigenvalue weighted by atomic mass is 10.2. The molecule has 0 heterocycles. The Kier molecular flexibility index (Phi) is 5.82. The minimum absolute atomic E-state index is 0.0144. The van der Waals surface area contributed by atoms with Gasteiger partial charge < -0.3 is 11.5 Å². The lowest BCUT2D eigenvalue weighted by Crippen LogP contribution is -2.41. The lowest BCUT2D eigenvalue weighted by molar-refractivity contribution is -0.118. The Labute approximate surface area is 130 Å². The summed E-state index contributed by atoms with van der Waals surface area (Å²) in [5.41, 5.74) is 11.0. The molecule has 21 heavy (non-hydrogen) atoms. The third kappa shape index (κ3) is 4.48. The number of hydrogen-bond donors (Lipinski definition) is 2. The zero-order valence-electron chi connectivity index (χ0n) is 11.9. The van der Waals surface area contributed by atoms with E-state index >= 15 is 0 Å². The number of hydrogen-bond acceptors (Lipinski definition) is 4. The number of rotatable bonds is 7. The summed E-state index contributed by atoms with van der Waals surface area (Å²) in [4.78, 5) is 11.1. The molecule has 0 bridgehead atoms. The average Bonchev–Trinajstić information content (AvgIpc) is 2.36. The van der Waals surface area contributed by atoms with E-state index in [9.17, 15) is 13.2 Å². The van der Waals surface area contributed by atoms with Gasteiger partial charge in [-0.2, -0.15) is 4.31 Å². The maximum atomic E-state index is 12.7. The lowest BCUT2D eigenvalue weighted by Gasteiger charge is -2.23. The fourth-order valence-electron chi connectivity index (χ4n) is 1.86. The summed E-state index contributed by atoms with van der Waals surface area (Å²) < 4.78 is 26.5. The molecule has 0 atom stereocenters. The molecule has 0 unspecified atom stereocenters. The van der Waals surface area contributed by atoms with E-state index in [-0.39, 0.29) is 34.5 Å². The van der Waals surface area contributed by atoms with Crippen molar-refractivity contribution in [3.05, 3.63) is 29.8 Å². The Morgan fingerprint density at radius 3 is 2.33 bits per heavy atom. The van der Waals surface area contributed by atoms with E-state index in [4.69, 9.17) is 23.7 Å². The van der Waals surface area contributed by atoms with Crippen LogP contribution in [-0.4, -0.2) is 36.7 Å². The highest BCUT2D eigenvalue weighted by Crippen LogP contribution is 2.21. The van der Waals surface area contributed by atoms with Gasteiger partial charge in [-0.3, -0.25) is 4.79 Å². The summed E-state index contributed by atoms with van der Waals surface area (Å²) in [5.74, 6) is -0.678. The van der Waals surface area contributed by atoms with Crippen LogP contribution in [-0.2, 0) is 14.8 Å². The highest BCUT2D eigenvalue weighted by atomic mass is 32.2. The monoisotopic (exact) mass is 329 g/mol. The molecule has 116 valence electrons. The van der Waals surface area contributed by atoms with Crippen LogP contribution in [0.15, 0.2) is 29.2 Å². The molecule has 0 saturated carbocycles. The third-order valence-corrected chi connectivity index (χ3v) is 4.76. The largest absolute Gasteiger partial charge is 0.389 e. The van der Waals surface area contributed by atoms with Gasteiger partial charge in [0.25, 0.3) is 0 Å². The molecule has 8 heteroatoms. The number of amides is 1. The Bertz CT molecular complexity index is 642. The Morgan fingerprint density at radius 2 is 1.86 bits per heavy atom. The Morgan fingerprint density at radius 1 is 1.29 bits per heavy atom. The number of primary amides is 1. The zero-order valence-corrected chi connectivity index (χ0v) is 13.6. The summed E-state index contributed by atoms with van der Waals surface area (Å²) in [7, 11) is -3.90. The predicted molar refractivity (Wildman–Crippen MR) is 85.1 cm³/mol. The van der Waals surface area contributed by atoms with Crippen LogP contribution in [0.2, 0.25) is 0 Å². The molecule has 4 N–H and O–H groups in total. The van der Waals surface area contributed by atoms with Crippen molar-refractivity contribution in [1.82, 2.24) is 4.31 Å². The van der Waals surface area contributed by atoms with Crippen LogP contribution in [0.1, 0.15) is 19.4 Å². The van der Waals surface area contributed by atoms with Crippen molar-refractivity contribution < 1.29 is 13.2 Å². The van der Waals surface area contributed by atoms with Crippen LogP contribution >= 0.6 is 12.2 Å². The number of nitrogens with two attached hydrogens (primary N) is 2. The molecule has 0 spiro atoms. The molecule has 1 aromatic rings. The topological polar surface area (TPSA) is 106 Å². The highest BCUT2D eigenvalue weighted by molar-refractivity contribution is 7.89. The van der Waals surface area contributed by atoms with Gasteiger partial charge in [0.2, 0.25) is 15.9 Å². The smallest absolute Gasteiger partial charge is 0.244 e. The van der Waals surface area contributed by atoms with E-state index in [1.54, 1.807) is 12.1 Å². The predicted octanol–water partition coefficient (Wildman–Crippen LogP) is 0.453. The molecule has 0 aromatic heterocycles. The van der Waals surface area contributed by atoms with Gasteiger partial charge >= 0.3 is 0 Å². The van der Waals surface area contributed by atoms with Crippen molar-refractivity contribution >= 4 is 33.1 Å². The molecule has 1 rings (SSSR count). The van der Waals surface area contributed by atoms with Gasteiger partial charge in [-0.25, -0.2) is 8.42 Å². The number of thiocarbonyl (C=S) groups is 1. The molecule has 0 saturated heterocycles. The van der Waals surface area contributed by atoms with Crippen LogP contribution in [0.4, 0.5) is 0 Å². The van der Waals surface area contributed by atoms with Gasteiger partial charge in [0.15, 0.2) is 0 Å². The Hall–Kier alpha value is -1.51. The van der Waals surface area contributed by atoms with Crippen molar-refractivity contribution in [1.29, 1.82) is 0 Å². The summed E-state index contributed by atoms with van der Waals surface area (Å²) in [6.45, 7) is 3.50. The van der Waals surface area contributed by atoms with Crippen LogP contribution in [0.5, 0.6) is 0 Å². The van der Waals surface area contributed by atoms with E-state index in [0.717, 1.165) is 4.31 Å². The van der Waals surface area contributed by atoms with Crippen LogP contribution in [0.25, 0.3) is 0 Å². The van der Waals surface area contributed by atoms with Gasteiger partial charge in [0.05, 0.1) is 11.4 Å². The second kappa shape index (κ2) is 6.97. The fourth-order valence-corrected chi connectivity index (χ4v) is 3.88. The maximum absolute atomic E-state index is 12.7. The van der Waals surface area contributed by atoms with Gasteiger partial charge in [0.1, 0.15) is 4.99 Å². The van der Waals surface area contributed by atoms with E-state index in [0.29, 0.717) is 0 Å². The van der Waals surface area contributed by atoms with Crippen molar-refractivity contribution in [3.8, 4) is 0 Å². The van der Waals surface area contributed by atoms with E-state index in [1.807, 2.05) is 13.8 Å². The van der Waals surface area contributed by atoms with Crippen molar-refractivity contribution in [2.75, 3.05) is 13.1 Å². The minimum atomic E-state index is -3.90. The second-order valence-corrected chi connectivity index (χ2v) is 7.36. The first-order valence-electron chi connectivity index (χ1n) is 6.33. The van der Waals surface area contributed by atoms with E-state index in [1.165, 1.54) is 12.1 Å². The van der Waals surface area contributed by atoms with Crippen LogP contribution in [0, 0.1) is 5.92 Å². The zero-order chi connectivity index (χ0) is 16.2. The standard InChI is InChI=1S/C13H19N3O3S2/c1-9(2)7-16(8-12(14)17)21(18,19)11-6-4-3-5-10(11)13(15)20/h3-6,9H,7-8H2,1-2H3,(H2,14,17)(H2,15,20). The summed E-state index contributed by atoms with van der Waals surface area (Å²) >= 11 is 4.88. The number of sulfonamides is 1. The van der Waals surface area contributed by atoms with Gasteiger partial charge in [-0.05, 0) is 12.0 Å². The number of nitrogens with zero attached hydrogens (tertiary/aromatic N) is 1. The number of benzene rings is 1. The van der Waals surface area contributed by atoms with E-state index in [2.05, 4.69) is 0 Å². The molecule has 6 nitrogen and oxygen atoms in total. The second-order valence-electron chi connectivity index (χ2n) is 5.02. The highest BCUT2D eigenvalue weighted by Gasteiger charge is 2.29. The SMILES string of the molecule is CC(C)CN(CC(N)=O)S(=O)(=O)c1ccccc1C(N)=S. The molecule has 0 aliphatic heterocycles.